The van der Waals surface area contributed by atoms with Gasteiger partial charge in [-0.25, -0.2) is 0 Å². The summed E-state index contributed by atoms with van der Waals surface area (Å²) in [6, 6.07) is 0. The van der Waals surface area contributed by atoms with Gasteiger partial charge in [-0.15, -0.1) is 0 Å². The van der Waals surface area contributed by atoms with E-state index in [1.807, 2.05) is 0 Å². The van der Waals surface area contributed by atoms with Crippen molar-refractivity contribution in [2.75, 3.05) is 12.4 Å². The molecule has 0 saturated carbocycles. The maximum Gasteiger partial charge on any atom is 0.267 e. The molecule has 0 rings (SSSR count). The fourth-order valence-electron chi connectivity index (χ4n) is 0.115. The average Bonchev–Trinajstić information content (AvgIpc) is 1.30. The molecule has 0 heterocycles. The molecule has 0 aliphatic rings. The van der Waals surface area contributed by atoms with E-state index in [4.69, 9.17) is 9.66 Å². The maximum atomic E-state index is 9.63. The van der Waals surface area contributed by atoms with Gasteiger partial charge in [0.2, 0.25) is 0 Å². The zero-order valence-electron chi connectivity index (χ0n) is 4.03. The molecule has 0 bridgehead atoms. The van der Waals surface area contributed by atoms with Crippen molar-refractivity contribution in [1.29, 1.82) is 0 Å². The molecular formula is C2H6O4PbS. The van der Waals surface area contributed by atoms with Crippen LogP contribution < -0.4 is 0 Å². The largest absolute Gasteiger partial charge is 0.395 e. The van der Waals surface area contributed by atoms with Crippen molar-refractivity contribution < 1.29 is 18.1 Å². The van der Waals surface area contributed by atoms with Crippen LogP contribution in [0.2, 0.25) is 0 Å². The molecule has 0 aliphatic carbocycles. The van der Waals surface area contributed by atoms with E-state index in [0.29, 0.717) is 0 Å². The van der Waals surface area contributed by atoms with Gasteiger partial charge in [0.15, 0.2) is 0 Å². The summed E-state index contributed by atoms with van der Waals surface area (Å²) in [4.78, 5) is 0. The summed E-state index contributed by atoms with van der Waals surface area (Å²) in [5.74, 6) is -0.576. The van der Waals surface area contributed by atoms with E-state index in [-0.39, 0.29) is 27.3 Å². The molecule has 8 heavy (non-hydrogen) atoms. The first-order chi connectivity index (χ1) is 3.06. The van der Waals surface area contributed by atoms with Gasteiger partial charge in [-0.3, -0.25) is 4.55 Å². The first kappa shape index (κ1) is 11.6. The fraction of sp³-hybridized carbons (Fsp3) is 1.00. The van der Waals surface area contributed by atoms with Crippen LogP contribution in [0, 0.1) is 0 Å². The molecule has 0 spiro atoms. The molecule has 0 aromatic heterocycles. The monoisotopic (exact) mass is 334 g/mol. The van der Waals surface area contributed by atoms with Gasteiger partial charge in [0.25, 0.3) is 10.1 Å². The van der Waals surface area contributed by atoms with Crippen LogP contribution in [0.15, 0.2) is 0 Å². The maximum absolute atomic E-state index is 9.63. The Morgan fingerprint density at radius 3 is 1.75 bits per heavy atom. The number of rotatable bonds is 2. The van der Waals surface area contributed by atoms with E-state index in [2.05, 4.69) is 0 Å². The average molecular weight is 333 g/mol. The standard InChI is InChI=1S/C2H6O4S.Pb/c3-1-2-7(4,5)6;/h3H,1-2H2,(H,4,5,6);. The van der Waals surface area contributed by atoms with Gasteiger partial charge < -0.3 is 5.11 Å². The van der Waals surface area contributed by atoms with E-state index in [1.165, 1.54) is 0 Å². The number of hydrogen-bond donors (Lipinski definition) is 2. The summed E-state index contributed by atoms with van der Waals surface area (Å²) in [5.41, 5.74) is 0. The molecule has 4 radical (unpaired) electrons. The predicted octanol–water partition coefficient (Wildman–Crippen LogP) is -1.51. The predicted molar refractivity (Wildman–Crippen MR) is 29.3 cm³/mol. The fourth-order valence-corrected chi connectivity index (χ4v) is 0.346. The molecule has 0 aliphatic heterocycles. The van der Waals surface area contributed by atoms with Crippen LogP contribution in [-0.2, 0) is 10.1 Å². The number of aliphatic hydroxyl groups is 1. The molecular weight excluding hydrogens is 327 g/mol. The zero-order chi connectivity index (χ0) is 5.91. The van der Waals surface area contributed by atoms with Crippen LogP contribution in [0.1, 0.15) is 0 Å². The van der Waals surface area contributed by atoms with Crippen LogP contribution in [-0.4, -0.2) is 57.7 Å². The second-order valence-electron chi connectivity index (χ2n) is 1.01. The Morgan fingerprint density at radius 1 is 1.38 bits per heavy atom. The molecule has 2 N–H and O–H groups in total. The summed E-state index contributed by atoms with van der Waals surface area (Å²) in [6.07, 6.45) is 0. The zero-order valence-corrected chi connectivity index (χ0v) is 8.74. The Morgan fingerprint density at radius 2 is 1.75 bits per heavy atom. The Hall–Kier alpha value is 0.792. The van der Waals surface area contributed by atoms with Gasteiger partial charge in [-0.05, 0) is 0 Å². The summed E-state index contributed by atoms with van der Waals surface area (Å²) in [5, 5.41) is 7.86. The van der Waals surface area contributed by atoms with Gasteiger partial charge >= 0.3 is 0 Å². The van der Waals surface area contributed by atoms with Crippen LogP contribution in [0.3, 0.4) is 0 Å². The molecule has 0 aromatic rings. The third kappa shape index (κ3) is 9.92. The molecule has 4 nitrogen and oxygen atoms in total. The summed E-state index contributed by atoms with van der Waals surface area (Å²) in [6.45, 7) is -0.529. The SMILES string of the molecule is O=S(=O)(O)CCO.[Pb]. The van der Waals surface area contributed by atoms with Crippen LogP contribution in [0.4, 0.5) is 0 Å². The van der Waals surface area contributed by atoms with E-state index in [1.54, 1.807) is 0 Å². The van der Waals surface area contributed by atoms with Gasteiger partial charge in [-0.2, -0.15) is 8.42 Å². The van der Waals surface area contributed by atoms with Crippen molar-refractivity contribution in [1.82, 2.24) is 0 Å². The van der Waals surface area contributed by atoms with Gasteiger partial charge in [0.05, 0.1) is 12.4 Å². The molecule has 0 saturated heterocycles. The minimum atomic E-state index is -3.92. The van der Waals surface area contributed by atoms with Crippen molar-refractivity contribution in [2.24, 2.45) is 0 Å². The minimum absolute atomic E-state index is 0. The van der Waals surface area contributed by atoms with Crippen LogP contribution in [0.25, 0.3) is 0 Å². The van der Waals surface area contributed by atoms with E-state index < -0.39 is 22.5 Å². The summed E-state index contributed by atoms with van der Waals surface area (Å²) >= 11 is 0. The second kappa shape index (κ2) is 4.65. The number of hydrogen-bond acceptors (Lipinski definition) is 3. The molecule has 6 heteroatoms. The van der Waals surface area contributed by atoms with E-state index in [9.17, 15) is 8.42 Å². The molecule has 0 fully saturated rings. The van der Waals surface area contributed by atoms with Gasteiger partial charge in [0.1, 0.15) is 0 Å². The quantitative estimate of drug-likeness (QED) is 0.476. The summed E-state index contributed by atoms with van der Waals surface area (Å²) in [7, 11) is -3.92. The van der Waals surface area contributed by atoms with Gasteiger partial charge in [0, 0.05) is 27.3 Å². The smallest absolute Gasteiger partial charge is 0.267 e. The minimum Gasteiger partial charge on any atom is -0.395 e. The normalized spacial score (nSPS) is 10.2. The van der Waals surface area contributed by atoms with Gasteiger partial charge in [-0.1, -0.05) is 0 Å². The molecule has 0 atom stereocenters. The Labute approximate surface area is 67.8 Å². The van der Waals surface area contributed by atoms with Crippen molar-refractivity contribution in [3.63, 3.8) is 0 Å². The first-order valence-corrected chi connectivity index (χ1v) is 3.23. The topological polar surface area (TPSA) is 74.6 Å². The Balaban J connectivity index is 0. The third-order valence-corrected chi connectivity index (χ3v) is 1.05. The Bertz CT molecular complexity index is 127. The first-order valence-electron chi connectivity index (χ1n) is 1.62. The van der Waals surface area contributed by atoms with E-state index in [0.717, 1.165) is 0 Å². The van der Waals surface area contributed by atoms with Crippen molar-refractivity contribution in [3.05, 3.63) is 0 Å². The van der Waals surface area contributed by atoms with Crippen molar-refractivity contribution in [2.45, 2.75) is 0 Å². The number of aliphatic hydroxyl groups excluding tert-OH is 1. The Kier molecular flexibility index (Phi) is 6.73. The summed E-state index contributed by atoms with van der Waals surface area (Å²) < 4.78 is 27.1. The van der Waals surface area contributed by atoms with E-state index >= 15 is 0 Å². The molecule has 0 aromatic carbocycles. The van der Waals surface area contributed by atoms with Crippen molar-refractivity contribution in [3.8, 4) is 0 Å². The van der Waals surface area contributed by atoms with Crippen LogP contribution >= 0.6 is 0 Å². The van der Waals surface area contributed by atoms with Crippen LogP contribution in [0.5, 0.6) is 0 Å². The molecule has 0 amide bonds. The molecule has 0 unspecified atom stereocenters. The third-order valence-electron chi connectivity index (χ3n) is 0.349. The van der Waals surface area contributed by atoms with Crippen molar-refractivity contribution >= 4 is 37.4 Å². The second-order valence-corrected chi connectivity index (χ2v) is 2.58. The molecule has 48 valence electrons.